The standard InChI is InChI=1S/C8H10ClNO2S.C8H11NO3S.Cl5P/c1-10(2)7-3-5-8(6-4-7)13(9,11)12;1-9(2)7-3-5-8(6-4-7)13(10,11)12;1-6(2,3,4)5/h3-6H,1-2H3;3-6H,1-2H3,(H,10,11,12);. The molecule has 0 saturated heterocycles. The van der Waals surface area contributed by atoms with Gasteiger partial charge < -0.3 is 9.80 Å². The van der Waals surface area contributed by atoms with Crippen LogP contribution in [0.25, 0.3) is 0 Å². The average Bonchev–Trinajstić information content (AvgIpc) is 2.59. The van der Waals surface area contributed by atoms with Gasteiger partial charge in [0.1, 0.15) is 0 Å². The van der Waals surface area contributed by atoms with E-state index in [4.69, 9.17) is 71.4 Å². The van der Waals surface area contributed by atoms with E-state index in [0.29, 0.717) is 0 Å². The number of anilines is 2. The molecular weight excluding hydrogens is 608 g/mol. The Morgan fingerprint density at radius 2 is 0.906 bits per heavy atom. The zero-order valence-corrected chi connectivity index (χ0v) is 24.2. The summed E-state index contributed by atoms with van der Waals surface area (Å²) in [5, 5.41) is 0. The van der Waals surface area contributed by atoms with Crippen LogP contribution in [0.1, 0.15) is 0 Å². The molecule has 0 aliphatic carbocycles. The fraction of sp³-hybridized carbons (Fsp3) is 0.250. The van der Waals surface area contributed by atoms with Gasteiger partial charge in [-0.25, -0.2) is 8.42 Å². The maximum atomic E-state index is 10.9. The van der Waals surface area contributed by atoms with Crippen molar-refractivity contribution in [2.24, 2.45) is 0 Å². The van der Waals surface area contributed by atoms with Gasteiger partial charge in [0, 0.05) is 50.2 Å². The van der Waals surface area contributed by atoms with E-state index in [1.165, 1.54) is 24.3 Å². The number of benzene rings is 2. The third-order valence-corrected chi connectivity index (χ3v) is 5.52. The second kappa shape index (κ2) is 12.2. The molecule has 0 aliphatic rings. The summed E-state index contributed by atoms with van der Waals surface area (Å²) in [7, 11) is 4.95. The van der Waals surface area contributed by atoms with Gasteiger partial charge in [-0.1, -0.05) is 0 Å². The van der Waals surface area contributed by atoms with E-state index in [2.05, 4.69) is 0 Å². The molecule has 0 spiro atoms. The number of hydrogen-bond donors (Lipinski definition) is 1. The van der Waals surface area contributed by atoms with Gasteiger partial charge in [-0.05, 0) is 48.5 Å². The molecule has 0 fully saturated rings. The van der Waals surface area contributed by atoms with Crippen LogP contribution < -0.4 is 9.80 Å². The minimum atomic E-state index is -4.06. The Labute approximate surface area is 217 Å². The van der Waals surface area contributed by atoms with Crippen LogP contribution in [0.15, 0.2) is 58.3 Å². The van der Waals surface area contributed by atoms with E-state index in [9.17, 15) is 16.8 Å². The molecule has 0 unspecified atom stereocenters. The van der Waals surface area contributed by atoms with Crippen LogP contribution >= 0.6 is 70.3 Å². The Kier molecular flexibility index (Phi) is 12.2. The topological polar surface area (TPSA) is 95.0 Å². The van der Waals surface area contributed by atoms with Gasteiger partial charge in [-0.15, -0.1) is 0 Å². The molecule has 0 saturated carbocycles. The van der Waals surface area contributed by atoms with Crippen LogP contribution in [0.3, 0.4) is 0 Å². The molecule has 2 aromatic carbocycles. The van der Waals surface area contributed by atoms with Crippen LogP contribution in [0, 0.1) is 0 Å². The van der Waals surface area contributed by atoms with Crippen LogP contribution in [0.4, 0.5) is 11.4 Å². The molecule has 2 rings (SSSR count). The van der Waals surface area contributed by atoms with Gasteiger partial charge in [0.15, 0.2) is 0 Å². The number of rotatable bonds is 4. The zero-order chi connectivity index (χ0) is 25.6. The van der Waals surface area contributed by atoms with Crippen LogP contribution in [-0.2, 0) is 19.2 Å². The van der Waals surface area contributed by atoms with Crippen molar-refractivity contribution >= 4 is 101 Å². The molecule has 0 bridgehead atoms. The molecule has 1 N–H and O–H groups in total. The van der Waals surface area contributed by atoms with E-state index >= 15 is 0 Å². The van der Waals surface area contributed by atoms with E-state index in [1.54, 1.807) is 24.3 Å². The third kappa shape index (κ3) is 15.8. The molecule has 0 aromatic heterocycles. The first-order valence-corrected chi connectivity index (χ1v) is 18.6. The van der Waals surface area contributed by atoms with Gasteiger partial charge >= 0.3 is 59.6 Å². The predicted octanol–water partition coefficient (Wildman–Crippen LogP) is 6.99. The van der Waals surface area contributed by atoms with Crippen molar-refractivity contribution in [1.29, 1.82) is 0 Å². The average molecular weight is 629 g/mol. The van der Waals surface area contributed by atoms with Crippen molar-refractivity contribution in [2.45, 2.75) is 9.79 Å². The van der Waals surface area contributed by atoms with Gasteiger partial charge in [0.25, 0.3) is 19.2 Å². The molecule has 32 heavy (non-hydrogen) atoms. The predicted molar refractivity (Wildman–Crippen MR) is 141 cm³/mol. The Bertz CT molecular complexity index is 990. The third-order valence-electron chi connectivity index (χ3n) is 3.29. The van der Waals surface area contributed by atoms with Crippen molar-refractivity contribution in [3.8, 4) is 0 Å². The molecule has 2 aromatic rings. The molecule has 0 radical (unpaired) electrons. The Morgan fingerprint density at radius 1 is 0.656 bits per heavy atom. The van der Waals surface area contributed by atoms with Gasteiger partial charge in [0.05, 0.1) is 9.79 Å². The van der Waals surface area contributed by atoms with E-state index < -0.39 is 22.5 Å². The summed E-state index contributed by atoms with van der Waals surface area (Å²) in [5.74, 6) is 0. The van der Waals surface area contributed by atoms with E-state index in [1.807, 2.05) is 38.0 Å². The summed E-state index contributed by atoms with van der Waals surface area (Å²) < 4.78 is 48.0. The molecule has 16 heteroatoms. The quantitative estimate of drug-likeness (QED) is 0.222. The number of halogens is 6. The Balaban J connectivity index is 0.000000484. The second-order valence-corrected chi connectivity index (χ2v) is 26.9. The van der Waals surface area contributed by atoms with Crippen LogP contribution in [0.5, 0.6) is 0 Å². The molecule has 7 nitrogen and oxygen atoms in total. The zero-order valence-electron chi connectivity index (χ0n) is 17.1. The molecule has 0 aliphatic heterocycles. The van der Waals surface area contributed by atoms with E-state index in [0.717, 1.165) is 11.4 Å². The van der Waals surface area contributed by atoms with Gasteiger partial charge in [-0.2, -0.15) is 8.42 Å². The van der Waals surface area contributed by atoms with Crippen molar-refractivity contribution in [1.82, 2.24) is 0 Å². The monoisotopic (exact) mass is 626 g/mol. The first kappa shape index (κ1) is 32.1. The number of hydrogen-bond acceptors (Lipinski definition) is 6. The molecular formula is C16H21Cl6N2O5PS2. The summed E-state index contributed by atoms with van der Waals surface area (Å²) in [5.41, 5.74) is 1.82. The Hall–Kier alpha value is 0.0700. The summed E-state index contributed by atoms with van der Waals surface area (Å²) in [4.78, 5) is 3.76. The normalized spacial score (nSPS) is 12.8. The van der Waals surface area contributed by atoms with Gasteiger partial charge in [0.2, 0.25) is 0 Å². The first-order valence-electron chi connectivity index (χ1n) is 8.14. The molecule has 184 valence electrons. The van der Waals surface area contributed by atoms with Gasteiger partial charge in [-0.3, -0.25) is 4.55 Å². The van der Waals surface area contributed by atoms with Crippen LogP contribution in [0.2, 0.25) is 0 Å². The van der Waals surface area contributed by atoms with Crippen molar-refractivity contribution in [3.05, 3.63) is 48.5 Å². The van der Waals surface area contributed by atoms with E-state index in [-0.39, 0.29) is 9.79 Å². The summed E-state index contributed by atoms with van der Waals surface area (Å²) in [6.45, 7) is 0. The summed E-state index contributed by atoms with van der Waals surface area (Å²) >= 11 is 24.9. The van der Waals surface area contributed by atoms with Crippen molar-refractivity contribution in [2.75, 3.05) is 38.0 Å². The molecule has 0 heterocycles. The fourth-order valence-corrected chi connectivity index (χ4v) is 3.07. The minimum absolute atomic E-state index is 0.0851. The number of nitrogens with zero attached hydrogens (tertiary/aromatic N) is 2. The summed E-state index contributed by atoms with van der Waals surface area (Å²) in [6.07, 6.45) is 0. The molecule has 0 atom stereocenters. The fourth-order valence-electron chi connectivity index (χ4n) is 1.82. The van der Waals surface area contributed by atoms with Crippen molar-refractivity contribution in [3.63, 3.8) is 0 Å². The second-order valence-electron chi connectivity index (χ2n) is 6.33. The Morgan fingerprint density at radius 3 is 1.09 bits per heavy atom. The first-order chi connectivity index (χ1) is 14.1. The maximum absolute atomic E-state index is 10.9. The van der Waals surface area contributed by atoms with Crippen LogP contribution in [-0.4, -0.2) is 49.6 Å². The SMILES string of the molecule is CN(C)c1ccc(S(=O)(=O)Cl)cc1.CN(C)c1ccc(S(=O)(=O)O)cc1.ClP(Cl)(Cl)(Cl)Cl. The summed E-state index contributed by atoms with van der Waals surface area (Å²) in [6, 6.07) is 12.4. The molecule has 0 amide bonds. The van der Waals surface area contributed by atoms with Crippen molar-refractivity contribution < 1.29 is 21.4 Å².